The maximum atomic E-state index is 11.9. The van der Waals surface area contributed by atoms with Crippen LogP contribution in [-0.2, 0) is 9.53 Å². The molecule has 1 aliphatic carbocycles. The number of ether oxygens (including phenoxy) is 1. The largest absolute Gasteiger partial charge is 0.465 e. The van der Waals surface area contributed by atoms with Gasteiger partial charge >= 0.3 is 5.97 Å². The van der Waals surface area contributed by atoms with Crippen LogP contribution < -0.4 is 5.73 Å². The van der Waals surface area contributed by atoms with E-state index >= 15 is 0 Å². The van der Waals surface area contributed by atoms with Crippen molar-refractivity contribution >= 4 is 11.8 Å². The number of amidine groups is 1. The first-order valence-electron chi connectivity index (χ1n) is 7.55. The number of nitrogens with two attached hydrogens (primary N) is 1. The van der Waals surface area contributed by atoms with Gasteiger partial charge in [0.2, 0.25) is 0 Å². The first-order valence-corrected chi connectivity index (χ1v) is 7.55. The van der Waals surface area contributed by atoms with Gasteiger partial charge in [0.05, 0.1) is 18.4 Å². The highest BCUT2D eigenvalue weighted by Gasteiger charge is 2.26. The van der Waals surface area contributed by atoms with Crippen molar-refractivity contribution in [3.8, 4) is 0 Å². The van der Waals surface area contributed by atoms with Crippen LogP contribution in [0.4, 0.5) is 0 Å². The fourth-order valence-electron chi connectivity index (χ4n) is 2.75. The fourth-order valence-corrected chi connectivity index (χ4v) is 2.75. The third-order valence-electron chi connectivity index (χ3n) is 3.99. The smallest absolute Gasteiger partial charge is 0.308 e. The molecular formula is C15H28N2O2. The molecule has 0 aromatic carbocycles. The lowest BCUT2D eigenvalue weighted by molar-refractivity contribution is -0.150. The molecule has 0 radical (unpaired) electrons. The van der Waals surface area contributed by atoms with E-state index in [0.29, 0.717) is 18.9 Å². The lowest BCUT2D eigenvalue weighted by Crippen LogP contribution is -2.24. The summed E-state index contributed by atoms with van der Waals surface area (Å²) in [6.45, 7) is 2.69. The Morgan fingerprint density at radius 3 is 2.58 bits per heavy atom. The van der Waals surface area contributed by atoms with Crippen LogP contribution >= 0.6 is 0 Å². The summed E-state index contributed by atoms with van der Waals surface area (Å²) in [6, 6.07) is 0. The molecule has 0 bridgehead atoms. The summed E-state index contributed by atoms with van der Waals surface area (Å²) in [7, 11) is 1.68. The van der Waals surface area contributed by atoms with Crippen LogP contribution in [0.3, 0.4) is 0 Å². The lowest BCUT2D eigenvalue weighted by atomic mass is 9.80. The van der Waals surface area contributed by atoms with Gasteiger partial charge in [0.15, 0.2) is 0 Å². The highest BCUT2D eigenvalue weighted by molar-refractivity contribution is 5.80. The number of rotatable bonds is 7. The Hall–Kier alpha value is -1.06. The highest BCUT2D eigenvalue weighted by Crippen LogP contribution is 2.32. The topological polar surface area (TPSA) is 64.7 Å². The molecule has 0 heterocycles. The number of carbonyl (C=O) groups is 1. The monoisotopic (exact) mass is 268 g/mol. The van der Waals surface area contributed by atoms with Gasteiger partial charge in [-0.25, -0.2) is 0 Å². The molecule has 0 atom stereocenters. The first kappa shape index (κ1) is 16.0. The minimum absolute atomic E-state index is 0.0121. The van der Waals surface area contributed by atoms with Crippen LogP contribution in [0.1, 0.15) is 58.3 Å². The minimum Gasteiger partial charge on any atom is -0.465 e. The zero-order chi connectivity index (χ0) is 14.1. The van der Waals surface area contributed by atoms with Crippen LogP contribution in [0.5, 0.6) is 0 Å². The second kappa shape index (κ2) is 8.94. The third kappa shape index (κ3) is 6.08. The molecule has 1 fully saturated rings. The van der Waals surface area contributed by atoms with E-state index in [-0.39, 0.29) is 11.9 Å². The zero-order valence-corrected chi connectivity index (χ0v) is 12.4. The van der Waals surface area contributed by atoms with E-state index in [1.54, 1.807) is 7.05 Å². The molecule has 4 nitrogen and oxygen atoms in total. The van der Waals surface area contributed by atoms with Gasteiger partial charge in [0.25, 0.3) is 0 Å². The summed E-state index contributed by atoms with van der Waals surface area (Å²) in [5, 5.41) is 0. The number of carbonyl (C=O) groups excluding carboxylic acids is 1. The predicted octanol–water partition coefficient (Wildman–Crippen LogP) is 2.90. The van der Waals surface area contributed by atoms with Gasteiger partial charge in [0, 0.05) is 13.5 Å². The molecule has 1 aliphatic rings. The van der Waals surface area contributed by atoms with Gasteiger partial charge in [0.1, 0.15) is 0 Å². The van der Waals surface area contributed by atoms with Crippen molar-refractivity contribution in [2.24, 2.45) is 22.6 Å². The Kier molecular flexibility index (Phi) is 7.53. The van der Waals surface area contributed by atoms with Crippen molar-refractivity contribution in [2.75, 3.05) is 13.7 Å². The van der Waals surface area contributed by atoms with E-state index in [2.05, 4.69) is 11.9 Å². The van der Waals surface area contributed by atoms with Gasteiger partial charge in [-0.15, -0.1) is 0 Å². The van der Waals surface area contributed by atoms with Crippen molar-refractivity contribution in [1.82, 2.24) is 0 Å². The van der Waals surface area contributed by atoms with Gasteiger partial charge in [-0.05, 0) is 38.0 Å². The SMILES string of the molecule is CCCC1CCC(C(=O)OCCCC(N)=NC)CC1. The van der Waals surface area contributed by atoms with E-state index in [1.807, 2.05) is 0 Å². The molecule has 0 amide bonds. The standard InChI is InChI=1S/C15H28N2O2/c1-3-5-12-7-9-13(10-8-12)15(18)19-11-4-6-14(16)17-2/h12-13H,3-11H2,1-2H3,(H2,16,17). The molecule has 2 N–H and O–H groups in total. The van der Waals surface area contributed by atoms with Crippen molar-refractivity contribution < 1.29 is 9.53 Å². The Balaban J connectivity index is 2.14. The summed E-state index contributed by atoms with van der Waals surface area (Å²) in [5.74, 6) is 1.57. The normalized spacial score (nSPS) is 24.2. The molecule has 1 rings (SSSR count). The molecule has 0 aromatic rings. The van der Waals surface area contributed by atoms with Crippen molar-refractivity contribution in [3.05, 3.63) is 0 Å². The molecule has 0 spiro atoms. The van der Waals surface area contributed by atoms with Gasteiger partial charge in [-0.2, -0.15) is 0 Å². The van der Waals surface area contributed by atoms with Gasteiger partial charge in [-0.3, -0.25) is 9.79 Å². The van der Waals surface area contributed by atoms with Crippen LogP contribution in [0.2, 0.25) is 0 Å². The number of hydrogen-bond acceptors (Lipinski definition) is 3. The Morgan fingerprint density at radius 2 is 2.00 bits per heavy atom. The second-order valence-electron chi connectivity index (χ2n) is 5.49. The number of aliphatic imine (C=N–C) groups is 1. The van der Waals surface area contributed by atoms with E-state index in [0.717, 1.165) is 25.2 Å². The number of esters is 1. The average molecular weight is 268 g/mol. The average Bonchev–Trinajstić information content (AvgIpc) is 2.44. The van der Waals surface area contributed by atoms with Crippen LogP contribution in [0, 0.1) is 11.8 Å². The molecule has 0 unspecified atom stereocenters. The summed E-state index contributed by atoms with van der Waals surface area (Å²) in [5.41, 5.74) is 5.59. The third-order valence-corrected chi connectivity index (χ3v) is 3.99. The lowest BCUT2D eigenvalue weighted by Gasteiger charge is -2.26. The quantitative estimate of drug-likeness (QED) is 0.334. The molecule has 19 heavy (non-hydrogen) atoms. The predicted molar refractivity (Wildman–Crippen MR) is 78.1 cm³/mol. The van der Waals surface area contributed by atoms with Crippen molar-refractivity contribution in [3.63, 3.8) is 0 Å². The van der Waals surface area contributed by atoms with Crippen molar-refractivity contribution in [1.29, 1.82) is 0 Å². The van der Waals surface area contributed by atoms with Gasteiger partial charge < -0.3 is 10.5 Å². The molecule has 0 saturated heterocycles. The van der Waals surface area contributed by atoms with E-state index in [4.69, 9.17) is 10.5 Å². The molecule has 110 valence electrons. The summed E-state index contributed by atoms with van der Waals surface area (Å²) in [4.78, 5) is 15.8. The summed E-state index contributed by atoms with van der Waals surface area (Å²) < 4.78 is 5.32. The van der Waals surface area contributed by atoms with Gasteiger partial charge in [-0.1, -0.05) is 19.8 Å². The van der Waals surface area contributed by atoms with Crippen molar-refractivity contribution in [2.45, 2.75) is 58.3 Å². The van der Waals surface area contributed by atoms with E-state index in [1.165, 1.54) is 25.7 Å². The summed E-state index contributed by atoms with van der Waals surface area (Å²) in [6.07, 6.45) is 8.39. The Morgan fingerprint density at radius 1 is 1.32 bits per heavy atom. The van der Waals surface area contributed by atoms with E-state index in [9.17, 15) is 4.79 Å². The molecule has 1 saturated carbocycles. The molecule has 0 aliphatic heterocycles. The Bertz CT molecular complexity index is 295. The van der Waals surface area contributed by atoms with Crippen LogP contribution in [-0.4, -0.2) is 25.5 Å². The first-order chi connectivity index (χ1) is 9.17. The molecule has 4 heteroatoms. The minimum atomic E-state index is -0.0121. The number of hydrogen-bond donors (Lipinski definition) is 1. The Labute approximate surface area is 116 Å². The van der Waals surface area contributed by atoms with E-state index < -0.39 is 0 Å². The fraction of sp³-hybridized carbons (Fsp3) is 0.867. The maximum absolute atomic E-state index is 11.9. The molecule has 0 aromatic heterocycles. The molecular weight excluding hydrogens is 240 g/mol. The summed E-state index contributed by atoms with van der Waals surface area (Å²) >= 11 is 0. The second-order valence-corrected chi connectivity index (χ2v) is 5.49. The maximum Gasteiger partial charge on any atom is 0.308 e. The highest BCUT2D eigenvalue weighted by atomic mass is 16.5. The van der Waals surface area contributed by atoms with Crippen LogP contribution in [0.15, 0.2) is 4.99 Å². The number of nitrogens with zero attached hydrogens (tertiary/aromatic N) is 1. The zero-order valence-electron chi connectivity index (χ0n) is 12.4. The van der Waals surface area contributed by atoms with Crippen LogP contribution in [0.25, 0.3) is 0 Å².